The molecule has 3 aromatic heterocycles. The number of hydrogen-bond donors (Lipinski definition) is 3. The summed E-state index contributed by atoms with van der Waals surface area (Å²) in [5.41, 5.74) is -4.70. The predicted molar refractivity (Wildman–Crippen MR) is 194 cm³/mol. The van der Waals surface area contributed by atoms with Crippen LogP contribution in [0, 0.1) is 29.4 Å². The number of hydrogen-bond acceptors (Lipinski definition) is 7. The zero-order valence-corrected chi connectivity index (χ0v) is 31.8. The van der Waals surface area contributed by atoms with E-state index in [2.05, 4.69) is 31.1 Å². The molecule has 58 heavy (non-hydrogen) atoms. The second-order valence-electron chi connectivity index (χ2n) is 14.3. The van der Waals surface area contributed by atoms with E-state index in [1.54, 1.807) is 0 Å². The second kappa shape index (κ2) is 14.5. The Labute approximate surface area is 329 Å². The number of benzene rings is 2. The Morgan fingerprint density at radius 2 is 1.74 bits per heavy atom. The molecule has 0 saturated heterocycles. The van der Waals surface area contributed by atoms with E-state index < -0.39 is 94.2 Å². The quantitative estimate of drug-likeness (QED) is 0.0986. The van der Waals surface area contributed by atoms with Crippen LogP contribution in [-0.4, -0.2) is 62.3 Å². The zero-order chi connectivity index (χ0) is 42.2. The van der Waals surface area contributed by atoms with Gasteiger partial charge in [0.15, 0.2) is 11.4 Å². The van der Waals surface area contributed by atoms with E-state index >= 15 is 8.78 Å². The number of rotatable bonds is 11. The topological polar surface area (TPSA) is 144 Å². The van der Waals surface area contributed by atoms with Gasteiger partial charge in [-0.3, -0.25) is 18.9 Å². The van der Waals surface area contributed by atoms with E-state index in [1.807, 2.05) is 5.92 Å². The maximum atomic E-state index is 15.4. The van der Waals surface area contributed by atoms with Gasteiger partial charge < -0.3 is 10.4 Å². The number of halogens is 9. The summed E-state index contributed by atoms with van der Waals surface area (Å²) >= 11 is 6.53. The highest BCUT2D eigenvalue weighted by Crippen LogP contribution is 2.68. The van der Waals surface area contributed by atoms with Gasteiger partial charge in [0.1, 0.15) is 35.3 Å². The monoisotopic (exact) mass is 855 g/mol. The molecule has 4 atom stereocenters. The first kappa shape index (κ1) is 40.9. The van der Waals surface area contributed by atoms with Crippen LogP contribution in [0.15, 0.2) is 42.5 Å². The molecule has 0 unspecified atom stereocenters. The second-order valence-corrected chi connectivity index (χ2v) is 16.4. The normalized spacial score (nSPS) is 18.4. The smallest absolute Gasteiger partial charge is 0.293 e. The molecule has 1 fully saturated rings. The third-order valence-corrected chi connectivity index (χ3v) is 10.7. The van der Waals surface area contributed by atoms with Crippen LogP contribution in [-0.2, 0) is 40.8 Å². The molecule has 3 heterocycles. The minimum absolute atomic E-state index is 0.0231. The number of aliphatic hydroxyl groups is 1. The fourth-order valence-corrected chi connectivity index (χ4v) is 8.00. The average Bonchev–Trinajstić information content (AvgIpc) is 3.65. The minimum Gasteiger partial charge on any atom is -0.372 e. The van der Waals surface area contributed by atoms with Gasteiger partial charge in [-0.05, 0) is 67.5 Å². The number of sulfonamides is 1. The Morgan fingerprint density at radius 1 is 1.07 bits per heavy atom. The van der Waals surface area contributed by atoms with Gasteiger partial charge in [-0.25, -0.2) is 39.7 Å². The number of fused-ring (bicyclic) bond motifs is 4. The molecule has 11 nitrogen and oxygen atoms in total. The number of carbonyl (C=O) groups excluding carboxylic acids is 1. The predicted octanol–water partition coefficient (Wildman–Crippen LogP) is 6.75. The highest BCUT2D eigenvalue weighted by Gasteiger charge is 2.67. The van der Waals surface area contributed by atoms with Gasteiger partial charge in [0.2, 0.25) is 15.9 Å². The fraction of sp³-hybridized carbons (Fsp3) is 0.351. The molecule has 0 aliphatic heterocycles. The summed E-state index contributed by atoms with van der Waals surface area (Å²) in [5.74, 6) is -4.50. The lowest BCUT2D eigenvalue weighted by molar-refractivity contribution is -0.123. The number of pyridine rings is 1. The number of alkyl halides is 6. The van der Waals surface area contributed by atoms with Crippen LogP contribution in [0.25, 0.3) is 22.0 Å². The molecule has 7 rings (SSSR count). The number of aromatic nitrogens is 5. The summed E-state index contributed by atoms with van der Waals surface area (Å²) in [7, 11) is -2.43. The molecule has 21 heteroatoms. The standard InChI is InChI=1S/C37H30ClF8N7O4S/c1-36(55,35(43)44)9-8-19-4-5-20(21-6-7-24(38)28-31(21)52(2)50-34(28)51-58(3,56)57)29(47-19)25(12-16-10-17(39)13-18(40)11-16)48-26(54)15-53-32-27(30(49-53)33(41)42)22-14-23(22)37(32,45)46/h4-7,10-11,13,22-23,25,33,35,55H,12,14-15H2,1-3H3,(H,48,54)(H,50,51)/t22-,23+,25-,36+/m0/s1. The van der Waals surface area contributed by atoms with Crippen LogP contribution in [0.5, 0.6) is 0 Å². The Morgan fingerprint density at radius 3 is 2.38 bits per heavy atom. The molecule has 2 aliphatic carbocycles. The van der Waals surface area contributed by atoms with Crippen molar-refractivity contribution in [1.82, 2.24) is 29.9 Å². The minimum atomic E-state index is -3.89. The molecule has 1 amide bonds. The molecule has 1 saturated carbocycles. The highest BCUT2D eigenvalue weighted by molar-refractivity contribution is 7.92. The zero-order valence-electron chi connectivity index (χ0n) is 30.3. The van der Waals surface area contributed by atoms with Gasteiger partial charge in [-0.1, -0.05) is 23.6 Å². The van der Waals surface area contributed by atoms with Gasteiger partial charge in [0.05, 0.1) is 33.9 Å². The number of nitrogens with zero attached hydrogens (tertiary/aromatic N) is 5. The van der Waals surface area contributed by atoms with Crippen LogP contribution in [0.2, 0.25) is 5.02 Å². The van der Waals surface area contributed by atoms with E-state index in [0.29, 0.717) is 10.7 Å². The lowest BCUT2D eigenvalue weighted by atomic mass is 9.93. The molecule has 0 radical (unpaired) electrons. The van der Waals surface area contributed by atoms with E-state index in [1.165, 1.54) is 36.0 Å². The van der Waals surface area contributed by atoms with Crippen molar-refractivity contribution in [2.45, 2.75) is 62.6 Å². The molecule has 306 valence electrons. The summed E-state index contributed by atoms with van der Waals surface area (Å²) < 4.78 is 143. The third kappa shape index (κ3) is 7.69. The Balaban J connectivity index is 1.40. The summed E-state index contributed by atoms with van der Waals surface area (Å²) in [6.07, 6.45) is -6.12. The molecular formula is C37H30ClF8N7O4S. The number of carbonyl (C=O) groups is 1. The van der Waals surface area contributed by atoms with Crippen molar-refractivity contribution < 1.29 is 53.4 Å². The van der Waals surface area contributed by atoms with Crippen molar-refractivity contribution in [3.05, 3.63) is 93.0 Å². The third-order valence-electron chi connectivity index (χ3n) is 9.79. The van der Waals surface area contributed by atoms with Gasteiger partial charge in [-0.2, -0.15) is 19.0 Å². The summed E-state index contributed by atoms with van der Waals surface area (Å²) in [5, 5.41) is 20.8. The molecule has 0 bridgehead atoms. The van der Waals surface area contributed by atoms with Crippen molar-refractivity contribution in [3.8, 4) is 23.0 Å². The van der Waals surface area contributed by atoms with Gasteiger partial charge >= 0.3 is 0 Å². The Bertz CT molecular complexity index is 2660. The van der Waals surface area contributed by atoms with Crippen LogP contribution >= 0.6 is 11.6 Å². The summed E-state index contributed by atoms with van der Waals surface area (Å²) in [6.45, 7) is -0.244. The average molecular weight is 856 g/mol. The van der Waals surface area contributed by atoms with E-state index in [0.717, 1.165) is 25.3 Å². The van der Waals surface area contributed by atoms with Crippen molar-refractivity contribution in [2.24, 2.45) is 13.0 Å². The van der Waals surface area contributed by atoms with E-state index in [9.17, 15) is 44.7 Å². The lowest BCUT2D eigenvalue weighted by Gasteiger charge is -2.23. The molecule has 5 aromatic rings. The number of aryl methyl sites for hydroxylation is 1. The molecule has 3 N–H and O–H groups in total. The number of amides is 1. The highest BCUT2D eigenvalue weighted by atomic mass is 35.5. The molecule has 0 spiro atoms. The largest absolute Gasteiger partial charge is 0.372 e. The number of nitrogens with one attached hydrogen (secondary N) is 2. The lowest BCUT2D eigenvalue weighted by Crippen LogP contribution is -2.35. The molecule has 2 aromatic carbocycles. The first-order chi connectivity index (χ1) is 27.1. The van der Waals surface area contributed by atoms with Crippen LogP contribution in [0.3, 0.4) is 0 Å². The van der Waals surface area contributed by atoms with Gasteiger partial charge in [0, 0.05) is 35.7 Å². The van der Waals surface area contributed by atoms with E-state index in [-0.39, 0.29) is 61.8 Å². The first-order valence-corrected chi connectivity index (χ1v) is 19.5. The van der Waals surface area contributed by atoms with Crippen molar-refractivity contribution in [2.75, 3.05) is 11.0 Å². The molecular weight excluding hydrogens is 826 g/mol. The van der Waals surface area contributed by atoms with Crippen molar-refractivity contribution in [3.63, 3.8) is 0 Å². The van der Waals surface area contributed by atoms with E-state index in [4.69, 9.17) is 11.6 Å². The van der Waals surface area contributed by atoms with Crippen molar-refractivity contribution in [1.29, 1.82) is 0 Å². The van der Waals surface area contributed by atoms with Gasteiger partial charge in [-0.15, -0.1) is 0 Å². The van der Waals surface area contributed by atoms with Crippen LogP contribution < -0.4 is 10.0 Å². The van der Waals surface area contributed by atoms with Crippen molar-refractivity contribution >= 4 is 44.3 Å². The van der Waals surface area contributed by atoms with Gasteiger partial charge in [0.25, 0.3) is 18.8 Å². The summed E-state index contributed by atoms with van der Waals surface area (Å²) in [6, 6.07) is 6.53. The SMILES string of the molecule is Cn1nc(NS(C)(=O)=O)c2c(Cl)ccc(-c3ccc(C#C[C@@](C)(O)C(F)F)nc3[C@H](Cc3cc(F)cc(F)c3)NC(=O)Cn3nc(C(F)F)c4c3C(F)(F)[C@@H]3C[C@H]43)c21. The number of anilines is 1. The van der Waals surface area contributed by atoms with Crippen LogP contribution in [0.4, 0.5) is 40.9 Å². The van der Waals surface area contributed by atoms with Crippen LogP contribution in [0.1, 0.15) is 65.6 Å². The first-order valence-electron chi connectivity index (χ1n) is 17.2. The Kier molecular flexibility index (Phi) is 10.3. The summed E-state index contributed by atoms with van der Waals surface area (Å²) in [4.78, 5) is 18.4. The fourth-order valence-electron chi connectivity index (χ4n) is 7.26. The maximum absolute atomic E-state index is 15.4. The molecule has 2 aliphatic rings. The maximum Gasteiger partial charge on any atom is 0.293 e. The Hall–Kier alpha value is -5.26.